The third-order valence-corrected chi connectivity index (χ3v) is 6.23. The first kappa shape index (κ1) is 18.0. The number of ether oxygens (including phenoxy) is 1. The van der Waals surface area contributed by atoms with E-state index in [2.05, 4.69) is 36.4 Å². The van der Waals surface area contributed by atoms with Crippen molar-refractivity contribution in [2.24, 2.45) is 0 Å². The van der Waals surface area contributed by atoms with Crippen molar-refractivity contribution in [1.29, 1.82) is 0 Å². The van der Waals surface area contributed by atoms with Crippen LogP contribution in [0.2, 0.25) is 0 Å². The maximum absolute atomic E-state index is 11.2. The first-order valence-electron chi connectivity index (χ1n) is 10.3. The molecule has 31 heavy (non-hydrogen) atoms. The summed E-state index contributed by atoms with van der Waals surface area (Å²) in [7, 11) is 0. The molecule has 0 saturated carbocycles. The Hall–Kier alpha value is -3.82. The van der Waals surface area contributed by atoms with Gasteiger partial charge in [-0.25, -0.2) is 0 Å². The van der Waals surface area contributed by atoms with Gasteiger partial charge in [0.25, 0.3) is 0 Å². The molecule has 0 radical (unpaired) electrons. The van der Waals surface area contributed by atoms with Crippen LogP contribution in [0.15, 0.2) is 78.9 Å². The van der Waals surface area contributed by atoms with Crippen LogP contribution in [0.5, 0.6) is 0 Å². The highest BCUT2D eigenvalue weighted by Crippen LogP contribution is 2.54. The Balaban J connectivity index is 1.71. The second-order valence-electron chi connectivity index (χ2n) is 7.98. The van der Waals surface area contributed by atoms with E-state index in [0.717, 1.165) is 51.2 Å². The SMILES string of the molecule is O=Cc1ccc(-c2c3c(c(-c4ccc(C=O)cc4)c4ccccc24)C2OC2C=C3)cc1. The van der Waals surface area contributed by atoms with Crippen LogP contribution in [0.1, 0.15) is 37.9 Å². The Morgan fingerprint density at radius 2 is 1.23 bits per heavy atom. The van der Waals surface area contributed by atoms with Crippen LogP contribution in [-0.4, -0.2) is 18.7 Å². The summed E-state index contributed by atoms with van der Waals surface area (Å²) in [5.41, 5.74) is 8.14. The third kappa shape index (κ3) is 2.78. The average Bonchev–Trinajstić information content (AvgIpc) is 3.63. The van der Waals surface area contributed by atoms with Crippen LogP contribution >= 0.6 is 0 Å². The summed E-state index contributed by atoms with van der Waals surface area (Å²) in [4.78, 5) is 22.3. The minimum atomic E-state index is 0.0401. The molecule has 1 fully saturated rings. The van der Waals surface area contributed by atoms with Crippen molar-refractivity contribution >= 4 is 29.4 Å². The third-order valence-electron chi connectivity index (χ3n) is 6.23. The van der Waals surface area contributed by atoms with Gasteiger partial charge < -0.3 is 4.74 Å². The van der Waals surface area contributed by atoms with E-state index in [1.165, 1.54) is 5.56 Å². The van der Waals surface area contributed by atoms with Crippen molar-refractivity contribution in [3.05, 3.63) is 101 Å². The Morgan fingerprint density at radius 1 is 0.677 bits per heavy atom. The highest BCUT2D eigenvalue weighted by molar-refractivity contribution is 6.10. The van der Waals surface area contributed by atoms with Gasteiger partial charge in [-0.1, -0.05) is 84.9 Å². The van der Waals surface area contributed by atoms with E-state index in [0.29, 0.717) is 11.1 Å². The molecule has 2 atom stereocenters. The first-order chi connectivity index (χ1) is 15.3. The van der Waals surface area contributed by atoms with E-state index < -0.39 is 0 Å². The number of hydrogen-bond donors (Lipinski definition) is 0. The predicted molar refractivity (Wildman–Crippen MR) is 122 cm³/mol. The van der Waals surface area contributed by atoms with Crippen molar-refractivity contribution < 1.29 is 14.3 Å². The van der Waals surface area contributed by atoms with E-state index in [-0.39, 0.29) is 12.2 Å². The van der Waals surface area contributed by atoms with Crippen molar-refractivity contribution in [1.82, 2.24) is 0 Å². The van der Waals surface area contributed by atoms with Gasteiger partial charge in [0.1, 0.15) is 24.8 Å². The van der Waals surface area contributed by atoms with Gasteiger partial charge in [-0.3, -0.25) is 9.59 Å². The molecule has 148 valence electrons. The van der Waals surface area contributed by atoms with E-state index in [9.17, 15) is 9.59 Å². The predicted octanol–water partition coefficient (Wildman–Crippen LogP) is 6.27. The zero-order valence-electron chi connectivity index (χ0n) is 16.6. The number of hydrogen-bond acceptors (Lipinski definition) is 3. The Morgan fingerprint density at radius 3 is 1.81 bits per heavy atom. The number of epoxide rings is 1. The summed E-state index contributed by atoms with van der Waals surface area (Å²) in [6.07, 6.45) is 6.19. The molecule has 3 nitrogen and oxygen atoms in total. The van der Waals surface area contributed by atoms with Gasteiger partial charge in [0.2, 0.25) is 0 Å². The number of carbonyl (C=O) groups is 2. The molecule has 2 aliphatic rings. The standard InChI is InChI=1S/C28H18O3/c29-15-17-5-9-19(10-6-17)25-21-3-1-2-4-22(21)26(20-11-7-18(16-30)8-12-20)27-23(25)13-14-24-28(27)31-24/h1-16,24,28H. The smallest absolute Gasteiger partial charge is 0.150 e. The van der Waals surface area contributed by atoms with Gasteiger partial charge in [-0.2, -0.15) is 0 Å². The van der Waals surface area contributed by atoms with Gasteiger partial charge in [-0.15, -0.1) is 0 Å². The largest absolute Gasteiger partial charge is 0.360 e. The molecule has 1 aliphatic carbocycles. The van der Waals surface area contributed by atoms with Gasteiger partial charge in [0.15, 0.2) is 0 Å². The van der Waals surface area contributed by atoms with Crippen LogP contribution in [-0.2, 0) is 4.74 Å². The lowest BCUT2D eigenvalue weighted by molar-refractivity contribution is 0.111. The molecular weight excluding hydrogens is 384 g/mol. The zero-order valence-corrected chi connectivity index (χ0v) is 16.6. The van der Waals surface area contributed by atoms with Gasteiger partial charge >= 0.3 is 0 Å². The number of fused-ring (bicyclic) bond motifs is 4. The van der Waals surface area contributed by atoms with Crippen LogP contribution < -0.4 is 0 Å². The molecule has 0 bridgehead atoms. The van der Waals surface area contributed by atoms with Crippen molar-refractivity contribution in [3.8, 4) is 22.3 Å². The van der Waals surface area contributed by atoms with Crippen molar-refractivity contribution in [2.45, 2.75) is 12.2 Å². The summed E-state index contributed by atoms with van der Waals surface area (Å²) in [6, 6.07) is 23.9. The summed E-state index contributed by atoms with van der Waals surface area (Å²) in [5.74, 6) is 0. The van der Waals surface area contributed by atoms with E-state index in [4.69, 9.17) is 4.74 Å². The first-order valence-corrected chi connectivity index (χ1v) is 10.3. The van der Waals surface area contributed by atoms with E-state index in [1.54, 1.807) is 0 Å². The molecule has 0 spiro atoms. The van der Waals surface area contributed by atoms with E-state index >= 15 is 0 Å². The minimum absolute atomic E-state index is 0.0401. The average molecular weight is 402 g/mol. The molecule has 4 aromatic rings. The highest BCUT2D eigenvalue weighted by atomic mass is 16.6. The van der Waals surface area contributed by atoms with Crippen LogP contribution in [0.3, 0.4) is 0 Å². The molecule has 3 heteroatoms. The van der Waals surface area contributed by atoms with Crippen LogP contribution in [0.25, 0.3) is 39.1 Å². The summed E-state index contributed by atoms with van der Waals surface area (Å²) >= 11 is 0. The lowest BCUT2D eigenvalue weighted by Gasteiger charge is -2.22. The fourth-order valence-corrected chi connectivity index (χ4v) is 4.72. The maximum Gasteiger partial charge on any atom is 0.150 e. The molecule has 0 aromatic heterocycles. The Labute approximate surface area is 179 Å². The molecule has 0 N–H and O–H groups in total. The minimum Gasteiger partial charge on any atom is -0.360 e. The molecular formula is C28H18O3. The molecule has 2 unspecified atom stereocenters. The van der Waals surface area contributed by atoms with Crippen LogP contribution in [0, 0.1) is 0 Å². The Kier molecular flexibility index (Phi) is 3.98. The monoisotopic (exact) mass is 402 g/mol. The summed E-state index contributed by atoms with van der Waals surface area (Å²) in [6.45, 7) is 0. The molecule has 4 aromatic carbocycles. The highest BCUT2D eigenvalue weighted by Gasteiger charge is 2.44. The molecule has 1 saturated heterocycles. The molecule has 0 amide bonds. The van der Waals surface area contributed by atoms with Crippen molar-refractivity contribution in [3.63, 3.8) is 0 Å². The molecule has 6 rings (SSSR count). The second kappa shape index (κ2) is 6.86. The summed E-state index contributed by atoms with van der Waals surface area (Å²) in [5, 5.41) is 2.30. The quantitative estimate of drug-likeness (QED) is 0.299. The summed E-state index contributed by atoms with van der Waals surface area (Å²) < 4.78 is 6.00. The number of carbonyl (C=O) groups excluding carboxylic acids is 2. The molecule has 1 aliphatic heterocycles. The topological polar surface area (TPSA) is 46.7 Å². The van der Waals surface area contributed by atoms with Gasteiger partial charge in [0, 0.05) is 16.7 Å². The zero-order chi connectivity index (χ0) is 20.9. The lowest BCUT2D eigenvalue weighted by atomic mass is 9.80. The van der Waals surface area contributed by atoms with Gasteiger partial charge in [-0.05, 0) is 38.6 Å². The Bertz CT molecular complexity index is 1380. The maximum atomic E-state index is 11.2. The lowest BCUT2D eigenvalue weighted by Crippen LogP contribution is -2.03. The number of aldehydes is 2. The van der Waals surface area contributed by atoms with Gasteiger partial charge in [0.05, 0.1) is 0 Å². The number of benzene rings is 4. The normalized spacial score (nSPS) is 18.3. The molecule has 1 heterocycles. The van der Waals surface area contributed by atoms with Crippen LogP contribution in [0.4, 0.5) is 0 Å². The fourth-order valence-electron chi connectivity index (χ4n) is 4.72. The number of rotatable bonds is 4. The van der Waals surface area contributed by atoms with E-state index in [1.807, 2.05) is 48.5 Å². The van der Waals surface area contributed by atoms with Crippen molar-refractivity contribution in [2.75, 3.05) is 0 Å². The second-order valence-corrected chi connectivity index (χ2v) is 7.98. The fraction of sp³-hybridized carbons (Fsp3) is 0.0714.